The molecule has 0 saturated carbocycles. The second-order valence-corrected chi connectivity index (χ2v) is 25.4. The minimum atomic E-state index is -0.202. The first-order chi connectivity index (χ1) is 42.0. The Morgan fingerprint density at radius 1 is 0.365 bits per heavy atom. The van der Waals surface area contributed by atoms with E-state index in [0.29, 0.717) is 16.7 Å². The molecule has 0 fully saturated rings. The van der Waals surface area contributed by atoms with E-state index in [0.717, 1.165) is 99.9 Å². The van der Waals surface area contributed by atoms with E-state index in [9.17, 15) is 15.8 Å². The second-order valence-electron chi connectivity index (χ2n) is 22.1. The summed E-state index contributed by atoms with van der Waals surface area (Å²) in [5.74, 6) is 0. The topological polar surface area (TPSA) is 89.4 Å². The standard InChI is InChI=1S/C75H40BN7SSe/c77-41-44-28-33-65-55(34-44)53-19-7-12-24-62(53)82(65)67-40-71-74(75-72(67)54-20-8-13-25-69(54)84-75)76-58-30-29-48(80-63-31-26-45(42-78)35-56(63)57-36-46(43-79)27-32-64(57)80)37-66(58)83(59-21-9-4-16-50(59)47-14-2-1-3-15-47)68-38-49(39-70(85-71)73(68)76)81-60-22-10-5-17-51(60)52-18-6-11-23-61(52)81/h1-40H. The number of hydrogen-bond donors (Lipinski definition) is 0. The van der Waals surface area contributed by atoms with Gasteiger partial charge in [-0.3, -0.25) is 0 Å². The van der Waals surface area contributed by atoms with Gasteiger partial charge in [-0.2, -0.15) is 10.5 Å². The Bertz CT molecular complexity index is 5660. The number of anilines is 3. The van der Waals surface area contributed by atoms with E-state index in [1.54, 1.807) is 0 Å². The van der Waals surface area contributed by atoms with Gasteiger partial charge >= 0.3 is 478 Å². The summed E-state index contributed by atoms with van der Waals surface area (Å²) in [4.78, 5) is 2.56. The Balaban J connectivity index is 0.994. The van der Waals surface area contributed by atoms with Crippen LogP contribution in [0.5, 0.6) is 0 Å². The van der Waals surface area contributed by atoms with Crippen LogP contribution in [0.3, 0.4) is 0 Å². The predicted octanol–water partition coefficient (Wildman–Crippen LogP) is 14.9. The molecule has 7 nitrogen and oxygen atoms in total. The molecule has 16 aromatic rings. The van der Waals surface area contributed by atoms with Gasteiger partial charge in [-0.1, -0.05) is 0 Å². The average molecular weight is 1160 g/mol. The molecule has 0 N–H and O–H groups in total. The van der Waals surface area contributed by atoms with Gasteiger partial charge in [0.15, 0.2) is 0 Å². The number of nitrogens with zero attached hydrogens (tertiary/aromatic N) is 7. The van der Waals surface area contributed by atoms with Crippen LogP contribution in [0.25, 0.3) is 114 Å². The van der Waals surface area contributed by atoms with Crippen molar-refractivity contribution in [3.63, 3.8) is 0 Å². The van der Waals surface area contributed by atoms with Gasteiger partial charge in [-0.05, 0) is 0 Å². The third-order valence-electron chi connectivity index (χ3n) is 17.7. The van der Waals surface area contributed by atoms with Gasteiger partial charge in [0.05, 0.1) is 12.1 Å². The predicted molar refractivity (Wildman–Crippen MR) is 353 cm³/mol. The number of aromatic nitrogens is 3. The normalized spacial score (nSPS) is 12.6. The quantitative estimate of drug-likeness (QED) is 0.161. The summed E-state index contributed by atoms with van der Waals surface area (Å²) >= 11 is 1.70. The first-order valence-electron chi connectivity index (χ1n) is 28.3. The number of benzene rings is 12. The first kappa shape index (κ1) is 47.7. The molecular weight excluding hydrogens is 1120 g/mol. The SMILES string of the molecule is N#Cc1ccc2c(c1)c1cc(C#N)ccc1n2-c1ccc2c(c1)N(c1ccccc1-c1ccccc1)c1cc(-n3c4ccccc4c4ccccc43)cc3c1B2c1c(cc(-n2c4ccccc4c4cc(C#N)ccc42)c2c1sc1ccccc12)[Se]3. The Labute approximate surface area is 497 Å². The van der Waals surface area contributed by atoms with Crippen LogP contribution >= 0.6 is 11.3 Å². The van der Waals surface area contributed by atoms with Crippen molar-refractivity contribution in [1.29, 1.82) is 15.8 Å². The van der Waals surface area contributed by atoms with E-state index in [1.807, 2.05) is 41.7 Å². The number of rotatable bonds is 5. The Morgan fingerprint density at radius 2 is 0.871 bits per heavy atom. The fraction of sp³-hybridized carbons (Fsp3) is 0. The molecule has 85 heavy (non-hydrogen) atoms. The number of thiophene rings is 1. The molecular formula is C75H40BN7SSe. The number of para-hydroxylation sites is 4. The minimum absolute atomic E-state index is 0.178. The van der Waals surface area contributed by atoms with Gasteiger partial charge in [0, 0.05) is 0 Å². The molecule has 2 aliphatic heterocycles. The molecule has 0 atom stereocenters. The van der Waals surface area contributed by atoms with E-state index in [4.69, 9.17) is 0 Å². The van der Waals surface area contributed by atoms with E-state index in [1.165, 1.54) is 56.3 Å². The van der Waals surface area contributed by atoms with Crippen molar-refractivity contribution in [2.45, 2.75) is 0 Å². The van der Waals surface area contributed by atoms with Gasteiger partial charge < -0.3 is 0 Å². The van der Waals surface area contributed by atoms with Crippen molar-refractivity contribution in [2.24, 2.45) is 0 Å². The molecule has 6 heterocycles. The maximum absolute atomic E-state index is 10.2. The van der Waals surface area contributed by atoms with Gasteiger partial charge in [0.25, 0.3) is 0 Å². The van der Waals surface area contributed by atoms with E-state index >= 15 is 0 Å². The molecule has 0 unspecified atom stereocenters. The molecule has 10 heteroatoms. The van der Waals surface area contributed by atoms with E-state index in [2.05, 4.69) is 249 Å². The summed E-state index contributed by atoms with van der Waals surface area (Å²) < 4.78 is 12.4. The molecule has 18 rings (SSSR count). The second kappa shape index (κ2) is 18.1. The maximum atomic E-state index is 10.2. The van der Waals surface area contributed by atoms with E-state index in [-0.39, 0.29) is 21.7 Å². The van der Waals surface area contributed by atoms with Crippen molar-refractivity contribution in [2.75, 3.05) is 4.90 Å². The van der Waals surface area contributed by atoms with Gasteiger partial charge in [0.1, 0.15) is 0 Å². The molecule has 2 aliphatic rings. The van der Waals surface area contributed by atoms with Gasteiger partial charge in [-0.15, -0.1) is 0 Å². The Kier molecular flexibility index (Phi) is 10.1. The van der Waals surface area contributed by atoms with Crippen LogP contribution in [0.15, 0.2) is 243 Å². The Morgan fingerprint density at radius 3 is 1.53 bits per heavy atom. The summed E-state index contributed by atoms with van der Waals surface area (Å²) in [6.07, 6.45) is 0. The zero-order valence-corrected chi connectivity index (χ0v) is 47.6. The van der Waals surface area contributed by atoms with Crippen molar-refractivity contribution in [1.82, 2.24) is 13.7 Å². The molecule has 4 aromatic heterocycles. The third-order valence-corrected chi connectivity index (χ3v) is 21.3. The van der Waals surface area contributed by atoms with Gasteiger partial charge in [0.2, 0.25) is 0 Å². The summed E-state index contributed by atoms with van der Waals surface area (Å²) in [7, 11) is 0. The van der Waals surface area contributed by atoms with Crippen LogP contribution in [0, 0.1) is 34.0 Å². The van der Waals surface area contributed by atoms with Crippen molar-refractivity contribution in [3.05, 3.63) is 259 Å². The molecule has 0 bridgehead atoms. The first-order valence-corrected chi connectivity index (χ1v) is 30.8. The molecule has 0 saturated heterocycles. The van der Waals surface area contributed by atoms with E-state index < -0.39 is 0 Å². The molecule has 0 aliphatic carbocycles. The molecule has 0 radical (unpaired) electrons. The van der Waals surface area contributed by atoms with Crippen molar-refractivity contribution < 1.29 is 0 Å². The Hall–Kier alpha value is -10.9. The molecule has 0 amide bonds. The van der Waals surface area contributed by atoms with Crippen LogP contribution in [0.2, 0.25) is 0 Å². The van der Waals surface area contributed by atoms with Crippen molar-refractivity contribution >= 4 is 161 Å². The average Bonchev–Trinajstić information content (AvgIpc) is 1.84. The van der Waals surface area contributed by atoms with Gasteiger partial charge in [-0.25, -0.2) is 0 Å². The van der Waals surface area contributed by atoms with Crippen LogP contribution in [-0.4, -0.2) is 35.4 Å². The molecule has 0 spiro atoms. The fourth-order valence-electron chi connectivity index (χ4n) is 14.2. The number of nitriles is 3. The molecule has 390 valence electrons. The van der Waals surface area contributed by atoms with Crippen LogP contribution in [0.1, 0.15) is 16.7 Å². The third kappa shape index (κ3) is 6.75. The summed E-state index contributed by atoms with van der Waals surface area (Å²) in [6, 6.07) is 94.5. The summed E-state index contributed by atoms with van der Waals surface area (Å²) in [6.45, 7) is -0.178. The van der Waals surface area contributed by atoms with Crippen molar-refractivity contribution in [3.8, 4) is 46.4 Å². The zero-order chi connectivity index (χ0) is 56.2. The number of hydrogen-bond acceptors (Lipinski definition) is 5. The molecule has 12 aromatic carbocycles. The van der Waals surface area contributed by atoms with Crippen LogP contribution < -0.4 is 30.2 Å². The monoisotopic (exact) mass is 1160 g/mol. The van der Waals surface area contributed by atoms with Crippen LogP contribution in [0.4, 0.5) is 17.1 Å². The fourth-order valence-corrected chi connectivity index (χ4v) is 18.3. The summed E-state index contributed by atoms with van der Waals surface area (Å²) in [5.41, 5.74) is 20.7. The van der Waals surface area contributed by atoms with Crippen LogP contribution in [-0.2, 0) is 0 Å². The number of fused-ring (bicyclic) bond motifs is 17. The zero-order valence-electron chi connectivity index (χ0n) is 45.1. The summed E-state index contributed by atoms with van der Waals surface area (Å²) in [5, 5.41) is 39.5.